The lowest BCUT2D eigenvalue weighted by Crippen LogP contribution is -2.41. The van der Waals surface area contributed by atoms with Crippen molar-refractivity contribution in [3.05, 3.63) is 23.5 Å². The second kappa shape index (κ2) is 5.70. The van der Waals surface area contributed by atoms with Gasteiger partial charge in [-0.1, -0.05) is 13.8 Å². The Hall–Kier alpha value is -1.29. The molecule has 0 saturated heterocycles. The van der Waals surface area contributed by atoms with Crippen molar-refractivity contribution in [1.29, 1.82) is 0 Å². The summed E-state index contributed by atoms with van der Waals surface area (Å²) < 4.78 is 0. The topological polar surface area (TPSA) is 70.9 Å². The maximum absolute atomic E-state index is 11.9. The predicted octanol–water partition coefficient (Wildman–Crippen LogP) is 1.43. The number of hydrogen-bond donors (Lipinski definition) is 3. The fraction of sp³-hybridized carbons (Fsp3) is 0.583. The van der Waals surface area contributed by atoms with E-state index in [1.54, 1.807) is 12.3 Å². The Kier molecular flexibility index (Phi) is 4.55. The molecule has 1 atom stereocenters. The first-order valence-corrected chi connectivity index (χ1v) is 5.69. The zero-order valence-corrected chi connectivity index (χ0v) is 10.2. The number of nitrogens with one attached hydrogen (secondary N) is 2. The van der Waals surface area contributed by atoms with E-state index in [1.807, 2.05) is 6.92 Å². The number of amides is 1. The van der Waals surface area contributed by atoms with Gasteiger partial charge in [0.05, 0.1) is 5.56 Å². The fourth-order valence-electron chi connectivity index (χ4n) is 1.74. The highest BCUT2D eigenvalue weighted by Gasteiger charge is 2.15. The normalized spacial score (nSPS) is 12.8. The maximum Gasteiger partial charge on any atom is 0.253 e. The van der Waals surface area contributed by atoms with Crippen molar-refractivity contribution in [2.45, 2.75) is 33.2 Å². The molecule has 1 aromatic heterocycles. The molecule has 0 fully saturated rings. The molecule has 0 radical (unpaired) electrons. The van der Waals surface area contributed by atoms with Gasteiger partial charge in [-0.2, -0.15) is 0 Å². The number of aromatic nitrogens is 1. The van der Waals surface area contributed by atoms with Crippen LogP contribution < -0.4 is 11.1 Å². The Morgan fingerprint density at radius 3 is 2.69 bits per heavy atom. The highest BCUT2D eigenvalue weighted by molar-refractivity contribution is 5.95. The summed E-state index contributed by atoms with van der Waals surface area (Å²) in [6, 6.07) is 1.84. The van der Waals surface area contributed by atoms with Crippen LogP contribution in [0, 0.1) is 12.8 Å². The van der Waals surface area contributed by atoms with Crippen LogP contribution in [0.2, 0.25) is 0 Å². The minimum Gasteiger partial charge on any atom is -0.365 e. The maximum atomic E-state index is 11.9. The van der Waals surface area contributed by atoms with Crippen LogP contribution in [0.3, 0.4) is 0 Å². The molecule has 0 saturated carbocycles. The van der Waals surface area contributed by atoms with Crippen LogP contribution in [0.15, 0.2) is 12.3 Å². The molecule has 1 heterocycles. The first-order chi connectivity index (χ1) is 7.54. The van der Waals surface area contributed by atoms with Gasteiger partial charge in [-0.3, -0.25) is 4.79 Å². The number of nitrogens with two attached hydrogens (primary N) is 1. The van der Waals surface area contributed by atoms with E-state index in [9.17, 15) is 4.79 Å². The van der Waals surface area contributed by atoms with Crippen molar-refractivity contribution < 1.29 is 4.79 Å². The van der Waals surface area contributed by atoms with Crippen LogP contribution in [0.5, 0.6) is 0 Å². The molecule has 1 amide bonds. The van der Waals surface area contributed by atoms with Gasteiger partial charge in [0.15, 0.2) is 0 Å². The third-order valence-corrected chi connectivity index (χ3v) is 2.57. The van der Waals surface area contributed by atoms with E-state index >= 15 is 0 Å². The first-order valence-electron chi connectivity index (χ1n) is 5.69. The van der Waals surface area contributed by atoms with E-state index in [-0.39, 0.29) is 11.9 Å². The summed E-state index contributed by atoms with van der Waals surface area (Å²) in [6.45, 7) is 6.61. The molecule has 0 aliphatic carbocycles. The number of aryl methyl sites for hydroxylation is 1. The number of hydrogen-bond acceptors (Lipinski definition) is 2. The Balaban J connectivity index is 2.59. The van der Waals surface area contributed by atoms with E-state index in [0.29, 0.717) is 18.0 Å². The van der Waals surface area contributed by atoms with Crippen LogP contribution >= 0.6 is 0 Å². The van der Waals surface area contributed by atoms with Gasteiger partial charge in [0.1, 0.15) is 0 Å². The minimum absolute atomic E-state index is 0.0464. The minimum atomic E-state index is -0.0464. The van der Waals surface area contributed by atoms with Crippen LogP contribution in [-0.4, -0.2) is 23.5 Å². The fourth-order valence-corrected chi connectivity index (χ4v) is 1.74. The van der Waals surface area contributed by atoms with Gasteiger partial charge in [0.2, 0.25) is 0 Å². The average molecular weight is 223 g/mol. The molecule has 1 unspecified atom stereocenters. The summed E-state index contributed by atoms with van der Waals surface area (Å²) >= 11 is 0. The van der Waals surface area contributed by atoms with Crippen LogP contribution in [0.1, 0.15) is 36.3 Å². The van der Waals surface area contributed by atoms with E-state index in [0.717, 1.165) is 12.1 Å². The molecule has 0 spiro atoms. The number of rotatable bonds is 5. The molecule has 4 heteroatoms. The molecule has 16 heavy (non-hydrogen) atoms. The van der Waals surface area contributed by atoms with Gasteiger partial charge >= 0.3 is 0 Å². The number of carbonyl (C=O) groups excluding carboxylic acids is 1. The second-order valence-corrected chi connectivity index (χ2v) is 4.55. The number of aromatic amines is 1. The molecule has 4 nitrogen and oxygen atoms in total. The van der Waals surface area contributed by atoms with Crippen molar-refractivity contribution in [3.63, 3.8) is 0 Å². The molecule has 4 N–H and O–H groups in total. The summed E-state index contributed by atoms with van der Waals surface area (Å²) in [5.41, 5.74) is 7.22. The van der Waals surface area contributed by atoms with Gasteiger partial charge in [-0.25, -0.2) is 0 Å². The van der Waals surface area contributed by atoms with Gasteiger partial charge in [-0.05, 0) is 25.3 Å². The van der Waals surface area contributed by atoms with Crippen LogP contribution in [0.25, 0.3) is 0 Å². The smallest absolute Gasteiger partial charge is 0.253 e. The Morgan fingerprint density at radius 1 is 1.56 bits per heavy atom. The standard InChI is InChI=1S/C12H21N3O/c1-8(2)6-10(7-13)15-12(16)11-4-5-14-9(11)3/h4-5,8,10,14H,6-7,13H2,1-3H3,(H,15,16). The van der Waals surface area contributed by atoms with E-state index in [4.69, 9.17) is 5.73 Å². The van der Waals surface area contributed by atoms with Gasteiger partial charge < -0.3 is 16.0 Å². The Bertz CT molecular complexity index is 344. The third-order valence-electron chi connectivity index (χ3n) is 2.57. The number of carbonyl (C=O) groups is 1. The van der Waals surface area contributed by atoms with Crippen molar-refractivity contribution in [3.8, 4) is 0 Å². The van der Waals surface area contributed by atoms with E-state index < -0.39 is 0 Å². The molecule has 0 aliphatic rings. The molecule has 1 rings (SSSR count). The predicted molar refractivity (Wildman–Crippen MR) is 65.3 cm³/mol. The molecular formula is C12H21N3O. The molecule has 0 bridgehead atoms. The second-order valence-electron chi connectivity index (χ2n) is 4.55. The molecule has 0 aliphatic heterocycles. The summed E-state index contributed by atoms with van der Waals surface area (Å²) in [7, 11) is 0. The molecule has 0 aromatic carbocycles. The number of H-pyrrole nitrogens is 1. The average Bonchev–Trinajstić information content (AvgIpc) is 2.62. The lowest BCUT2D eigenvalue weighted by Gasteiger charge is -2.18. The highest BCUT2D eigenvalue weighted by atomic mass is 16.1. The third kappa shape index (κ3) is 3.38. The summed E-state index contributed by atoms with van der Waals surface area (Å²) in [5.74, 6) is 0.482. The molecular weight excluding hydrogens is 202 g/mol. The molecule has 90 valence electrons. The van der Waals surface area contributed by atoms with E-state index in [1.165, 1.54) is 0 Å². The summed E-state index contributed by atoms with van der Waals surface area (Å²) in [4.78, 5) is 14.9. The SMILES string of the molecule is Cc1[nH]ccc1C(=O)NC(CN)CC(C)C. The van der Waals surface area contributed by atoms with Crippen molar-refractivity contribution >= 4 is 5.91 Å². The van der Waals surface area contributed by atoms with Gasteiger partial charge in [-0.15, -0.1) is 0 Å². The lowest BCUT2D eigenvalue weighted by molar-refractivity contribution is 0.0933. The van der Waals surface area contributed by atoms with Crippen LogP contribution in [0.4, 0.5) is 0 Å². The summed E-state index contributed by atoms with van der Waals surface area (Å²) in [6.07, 6.45) is 2.68. The quantitative estimate of drug-likeness (QED) is 0.706. The summed E-state index contributed by atoms with van der Waals surface area (Å²) in [5, 5.41) is 2.96. The van der Waals surface area contributed by atoms with Crippen molar-refractivity contribution in [2.75, 3.05) is 6.54 Å². The van der Waals surface area contributed by atoms with Crippen molar-refractivity contribution in [1.82, 2.24) is 10.3 Å². The van der Waals surface area contributed by atoms with Crippen molar-refractivity contribution in [2.24, 2.45) is 11.7 Å². The Labute approximate surface area is 96.6 Å². The lowest BCUT2D eigenvalue weighted by atomic mass is 10.0. The monoisotopic (exact) mass is 223 g/mol. The largest absolute Gasteiger partial charge is 0.365 e. The molecule has 1 aromatic rings. The van der Waals surface area contributed by atoms with Crippen LogP contribution in [-0.2, 0) is 0 Å². The van der Waals surface area contributed by atoms with Gasteiger partial charge in [0, 0.05) is 24.5 Å². The zero-order chi connectivity index (χ0) is 12.1. The van der Waals surface area contributed by atoms with E-state index in [2.05, 4.69) is 24.1 Å². The Morgan fingerprint density at radius 2 is 2.25 bits per heavy atom. The van der Waals surface area contributed by atoms with Gasteiger partial charge in [0.25, 0.3) is 5.91 Å². The first kappa shape index (κ1) is 12.8. The zero-order valence-electron chi connectivity index (χ0n) is 10.2. The highest BCUT2D eigenvalue weighted by Crippen LogP contribution is 2.08.